The quantitative estimate of drug-likeness (QED) is 0.757. The van der Waals surface area contributed by atoms with Crippen molar-refractivity contribution < 1.29 is 0 Å². The van der Waals surface area contributed by atoms with E-state index < -0.39 is 0 Å². The summed E-state index contributed by atoms with van der Waals surface area (Å²) in [4.78, 5) is 2.30. The molecule has 0 aromatic carbocycles. The first-order valence-corrected chi connectivity index (χ1v) is 5.49. The van der Waals surface area contributed by atoms with Crippen LogP contribution < -0.4 is 10.6 Å². The Hall–Kier alpha value is -1.32. The van der Waals surface area contributed by atoms with Crippen LogP contribution in [-0.4, -0.2) is 23.3 Å². The van der Waals surface area contributed by atoms with Gasteiger partial charge in [-0.05, 0) is 30.4 Å². The largest absolute Gasteiger partial charge is 0.382 e. The van der Waals surface area contributed by atoms with E-state index >= 15 is 0 Å². The Morgan fingerprint density at radius 3 is 2.40 bits per heavy atom. The predicted molar refractivity (Wildman–Crippen MR) is 61.6 cm³/mol. The highest BCUT2D eigenvalue weighted by Gasteiger charge is 2.22. The third-order valence-electron chi connectivity index (χ3n) is 2.86. The summed E-state index contributed by atoms with van der Waals surface area (Å²) in [5.41, 5.74) is 5.52. The fourth-order valence-corrected chi connectivity index (χ4v) is 2.35. The van der Waals surface area contributed by atoms with Gasteiger partial charge in [0, 0.05) is 13.1 Å². The molecule has 2 N–H and O–H groups in total. The molecule has 1 fully saturated rings. The van der Waals surface area contributed by atoms with Gasteiger partial charge in [-0.15, -0.1) is 10.2 Å². The van der Waals surface area contributed by atoms with Crippen molar-refractivity contribution in [2.75, 3.05) is 23.7 Å². The molecule has 4 nitrogen and oxygen atoms in total. The van der Waals surface area contributed by atoms with Crippen LogP contribution in [0.2, 0.25) is 0 Å². The van der Waals surface area contributed by atoms with Gasteiger partial charge in [0.05, 0.1) is 0 Å². The van der Waals surface area contributed by atoms with Crippen molar-refractivity contribution in [2.45, 2.75) is 20.3 Å². The second-order valence-electron chi connectivity index (χ2n) is 4.67. The fraction of sp³-hybridized carbons (Fsp3) is 0.636. The zero-order valence-electron chi connectivity index (χ0n) is 9.35. The first-order chi connectivity index (χ1) is 7.15. The fourth-order valence-electron chi connectivity index (χ4n) is 2.35. The number of rotatable bonds is 1. The number of hydrogen-bond donors (Lipinski definition) is 1. The first-order valence-electron chi connectivity index (χ1n) is 5.49. The van der Waals surface area contributed by atoms with E-state index in [-0.39, 0.29) is 0 Å². The lowest BCUT2D eigenvalue weighted by atomic mass is 9.92. The SMILES string of the molecule is CC1CC(C)CN(c2ccc(N)nn2)C1. The monoisotopic (exact) mass is 206 g/mol. The van der Waals surface area contributed by atoms with Crippen molar-refractivity contribution >= 4 is 11.6 Å². The molecular formula is C11H18N4. The van der Waals surface area contributed by atoms with E-state index in [4.69, 9.17) is 5.73 Å². The zero-order chi connectivity index (χ0) is 10.8. The van der Waals surface area contributed by atoms with Gasteiger partial charge in [-0.3, -0.25) is 0 Å². The van der Waals surface area contributed by atoms with Crippen molar-refractivity contribution in [3.8, 4) is 0 Å². The summed E-state index contributed by atoms with van der Waals surface area (Å²) in [6.07, 6.45) is 1.30. The molecule has 0 spiro atoms. The lowest BCUT2D eigenvalue weighted by Crippen LogP contribution is -2.39. The van der Waals surface area contributed by atoms with Crippen molar-refractivity contribution in [3.05, 3.63) is 12.1 Å². The van der Waals surface area contributed by atoms with Gasteiger partial charge in [0.15, 0.2) is 5.82 Å². The third-order valence-corrected chi connectivity index (χ3v) is 2.86. The van der Waals surface area contributed by atoms with E-state index in [1.807, 2.05) is 12.1 Å². The minimum Gasteiger partial charge on any atom is -0.382 e. The summed E-state index contributed by atoms with van der Waals surface area (Å²) in [5.74, 6) is 2.89. The molecule has 0 aliphatic carbocycles. The van der Waals surface area contributed by atoms with Crippen molar-refractivity contribution in [2.24, 2.45) is 11.8 Å². The highest BCUT2D eigenvalue weighted by molar-refractivity contribution is 5.41. The number of nitrogens with zero attached hydrogens (tertiary/aromatic N) is 3. The lowest BCUT2D eigenvalue weighted by molar-refractivity contribution is 0.355. The molecule has 2 heterocycles. The molecular weight excluding hydrogens is 188 g/mol. The molecule has 4 heteroatoms. The van der Waals surface area contributed by atoms with Crippen LogP contribution >= 0.6 is 0 Å². The topological polar surface area (TPSA) is 55.0 Å². The lowest BCUT2D eigenvalue weighted by Gasteiger charge is -2.35. The van der Waals surface area contributed by atoms with E-state index in [1.54, 1.807) is 0 Å². The van der Waals surface area contributed by atoms with E-state index in [9.17, 15) is 0 Å². The van der Waals surface area contributed by atoms with E-state index in [1.165, 1.54) is 6.42 Å². The number of aromatic nitrogens is 2. The van der Waals surface area contributed by atoms with Crippen LogP contribution in [0.1, 0.15) is 20.3 Å². The van der Waals surface area contributed by atoms with Crippen molar-refractivity contribution in [1.82, 2.24) is 10.2 Å². The van der Waals surface area contributed by atoms with E-state index in [2.05, 4.69) is 28.9 Å². The zero-order valence-corrected chi connectivity index (χ0v) is 9.35. The smallest absolute Gasteiger partial charge is 0.151 e. The van der Waals surface area contributed by atoms with Crippen molar-refractivity contribution in [3.63, 3.8) is 0 Å². The van der Waals surface area contributed by atoms with Crippen molar-refractivity contribution in [1.29, 1.82) is 0 Å². The van der Waals surface area contributed by atoms with Crippen LogP contribution in [0.5, 0.6) is 0 Å². The van der Waals surface area contributed by atoms with Gasteiger partial charge in [-0.1, -0.05) is 13.8 Å². The molecule has 82 valence electrons. The van der Waals surface area contributed by atoms with E-state index in [0.29, 0.717) is 5.82 Å². The number of nitrogen functional groups attached to an aromatic ring is 1. The van der Waals surface area contributed by atoms with Gasteiger partial charge in [0.25, 0.3) is 0 Å². The van der Waals surface area contributed by atoms with Gasteiger partial charge in [-0.2, -0.15) is 0 Å². The van der Waals surface area contributed by atoms with Crippen LogP contribution in [0, 0.1) is 11.8 Å². The van der Waals surface area contributed by atoms with Gasteiger partial charge in [0.1, 0.15) is 5.82 Å². The summed E-state index contributed by atoms with van der Waals surface area (Å²) in [5, 5.41) is 8.01. The van der Waals surface area contributed by atoms with Gasteiger partial charge in [-0.25, -0.2) is 0 Å². The summed E-state index contributed by atoms with van der Waals surface area (Å²) in [6.45, 7) is 6.71. The normalized spacial score (nSPS) is 26.7. The second-order valence-corrected chi connectivity index (χ2v) is 4.67. The van der Waals surface area contributed by atoms with Gasteiger partial charge >= 0.3 is 0 Å². The minimum atomic E-state index is 0.483. The highest BCUT2D eigenvalue weighted by atomic mass is 15.3. The molecule has 1 saturated heterocycles. The molecule has 1 aliphatic rings. The Bertz CT molecular complexity index is 312. The van der Waals surface area contributed by atoms with Crippen LogP contribution in [-0.2, 0) is 0 Å². The Morgan fingerprint density at radius 2 is 1.87 bits per heavy atom. The number of hydrogen-bond acceptors (Lipinski definition) is 4. The van der Waals surface area contributed by atoms with Gasteiger partial charge < -0.3 is 10.6 Å². The van der Waals surface area contributed by atoms with Crippen LogP contribution in [0.25, 0.3) is 0 Å². The molecule has 0 radical (unpaired) electrons. The predicted octanol–water partition coefficient (Wildman–Crippen LogP) is 1.54. The van der Waals surface area contributed by atoms with E-state index in [0.717, 1.165) is 30.7 Å². The molecule has 0 saturated carbocycles. The van der Waals surface area contributed by atoms with Gasteiger partial charge in [0.2, 0.25) is 0 Å². The molecule has 2 rings (SSSR count). The molecule has 0 bridgehead atoms. The molecule has 0 amide bonds. The van der Waals surface area contributed by atoms with Crippen LogP contribution in [0.3, 0.4) is 0 Å². The maximum Gasteiger partial charge on any atom is 0.151 e. The maximum absolute atomic E-state index is 5.52. The average molecular weight is 206 g/mol. The number of anilines is 2. The Labute approximate surface area is 90.5 Å². The average Bonchev–Trinajstić information content (AvgIpc) is 2.17. The Morgan fingerprint density at radius 1 is 1.20 bits per heavy atom. The Kier molecular flexibility index (Phi) is 2.75. The number of nitrogens with two attached hydrogens (primary N) is 1. The number of piperidine rings is 1. The minimum absolute atomic E-state index is 0.483. The standard InChI is InChI=1S/C11H18N4/c1-8-5-9(2)7-15(6-8)11-4-3-10(12)13-14-11/h3-4,8-9H,5-7H2,1-2H3,(H2,12,13). The molecule has 2 atom stereocenters. The molecule has 1 aliphatic heterocycles. The summed E-state index contributed by atoms with van der Waals surface area (Å²) in [6, 6.07) is 3.76. The third kappa shape index (κ3) is 2.37. The molecule has 2 unspecified atom stereocenters. The molecule has 15 heavy (non-hydrogen) atoms. The highest BCUT2D eigenvalue weighted by Crippen LogP contribution is 2.24. The summed E-state index contributed by atoms with van der Waals surface area (Å²) in [7, 11) is 0. The Balaban J connectivity index is 2.12. The van der Waals surface area contributed by atoms with Crippen LogP contribution in [0.15, 0.2) is 12.1 Å². The molecule has 1 aromatic heterocycles. The first kappa shape index (κ1) is 10.2. The maximum atomic E-state index is 5.52. The summed E-state index contributed by atoms with van der Waals surface area (Å²) < 4.78 is 0. The molecule has 1 aromatic rings. The summed E-state index contributed by atoms with van der Waals surface area (Å²) >= 11 is 0. The second kappa shape index (κ2) is 4.04. The van der Waals surface area contributed by atoms with Crippen LogP contribution in [0.4, 0.5) is 11.6 Å².